The summed E-state index contributed by atoms with van der Waals surface area (Å²) in [6.45, 7) is 4.14. The molecule has 0 bridgehead atoms. The van der Waals surface area contributed by atoms with Crippen LogP contribution < -0.4 is 5.32 Å². The molecule has 0 radical (unpaired) electrons. The highest BCUT2D eigenvalue weighted by Crippen LogP contribution is 2.26. The zero-order chi connectivity index (χ0) is 17.1. The number of hydrogen-bond acceptors (Lipinski definition) is 4. The molecule has 0 fully saturated rings. The van der Waals surface area contributed by atoms with E-state index in [2.05, 4.69) is 36.3 Å². The summed E-state index contributed by atoms with van der Waals surface area (Å²) >= 11 is 1.39. The SMILES string of the molecule is Cc1ccc(-c2csc(NC(=O)c3ccc(C#N)cc3)n2)cc1C. The van der Waals surface area contributed by atoms with Gasteiger partial charge in [-0.3, -0.25) is 10.1 Å². The quantitative estimate of drug-likeness (QED) is 0.764. The van der Waals surface area contributed by atoms with Gasteiger partial charge in [0.05, 0.1) is 17.3 Å². The van der Waals surface area contributed by atoms with Crippen molar-refractivity contribution >= 4 is 22.4 Å². The number of anilines is 1. The lowest BCUT2D eigenvalue weighted by atomic mass is 10.1. The first-order valence-corrected chi connectivity index (χ1v) is 8.29. The number of nitriles is 1. The van der Waals surface area contributed by atoms with Gasteiger partial charge in [-0.25, -0.2) is 4.98 Å². The van der Waals surface area contributed by atoms with E-state index in [0.717, 1.165) is 11.3 Å². The Morgan fingerprint density at radius 2 is 1.88 bits per heavy atom. The molecule has 118 valence electrons. The number of aromatic nitrogens is 1. The van der Waals surface area contributed by atoms with Gasteiger partial charge in [0.1, 0.15) is 0 Å². The first-order valence-electron chi connectivity index (χ1n) is 7.41. The van der Waals surface area contributed by atoms with Gasteiger partial charge in [-0.2, -0.15) is 5.26 Å². The van der Waals surface area contributed by atoms with E-state index < -0.39 is 0 Å². The van der Waals surface area contributed by atoms with E-state index in [-0.39, 0.29) is 5.91 Å². The van der Waals surface area contributed by atoms with Gasteiger partial charge >= 0.3 is 0 Å². The molecule has 0 aliphatic carbocycles. The summed E-state index contributed by atoms with van der Waals surface area (Å²) in [6, 6.07) is 14.7. The van der Waals surface area contributed by atoms with Crippen molar-refractivity contribution in [2.45, 2.75) is 13.8 Å². The third kappa shape index (κ3) is 3.34. The molecular formula is C19H15N3OS. The average Bonchev–Trinajstić information content (AvgIpc) is 3.06. The zero-order valence-electron chi connectivity index (χ0n) is 13.3. The van der Waals surface area contributed by atoms with Crippen LogP contribution in [0.3, 0.4) is 0 Å². The molecule has 5 heteroatoms. The Bertz CT molecular complexity index is 936. The van der Waals surface area contributed by atoms with Crippen molar-refractivity contribution in [3.63, 3.8) is 0 Å². The molecule has 0 aliphatic rings. The number of benzene rings is 2. The van der Waals surface area contributed by atoms with Gasteiger partial charge in [-0.15, -0.1) is 11.3 Å². The van der Waals surface area contributed by atoms with Crippen LogP contribution in [0.1, 0.15) is 27.0 Å². The van der Waals surface area contributed by atoms with Crippen LogP contribution in [0.2, 0.25) is 0 Å². The highest BCUT2D eigenvalue weighted by molar-refractivity contribution is 7.14. The summed E-state index contributed by atoms with van der Waals surface area (Å²) in [5, 5.41) is 14.1. The number of carbonyl (C=O) groups is 1. The maximum Gasteiger partial charge on any atom is 0.257 e. The summed E-state index contributed by atoms with van der Waals surface area (Å²) in [5.41, 5.74) is 5.35. The zero-order valence-corrected chi connectivity index (χ0v) is 14.1. The molecule has 2 aromatic carbocycles. The minimum Gasteiger partial charge on any atom is -0.298 e. The number of nitrogens with zero attached hydrogens (tertiary/aromatic N) is 2. The number of hydrogen-bond donors (Lipinski definition) is 1. The van der Waals surface area contributed by atoms with Crippen LogP contribution in [-0.2, 0) is 0 Å². The van der Waals surface area contributed by atoms with Crippen LogP contribution in [0, 0.1) is 25.2 Å². The van der Waals surface area contributed by atoms with Crippen LogP contribution >= 0.6 is 11.3 Å². The fourth-order valence-corrected chi connectivity index (χ4v) is 2.94. The molecule has 0 saturated carbocycles. The molecule has 1 N–H and O–H groups in total. The second-order valence-corrected chi connectivity index (χ2v) is 6.34. The topological polar surface area (TPSA) is 65.8 Å². The predicted molar refractivity (Wildman–Crippen MR) is 96.1 cm³/mol. The molecule has 1 aromatic heterocycles. The minimum absolute atomic E-state index is 0.236. The number of rotatable bonds is 3. The summed E-state index contributed by atoms with van der Waals surface area (Å²) in [7, 11) is 0. The minimum atomic E-state index is -0.236. The fraction of sp³-hybridized carbons (Fsp3) is 0.105. The van der Waals surface area contributed by atoms with Crippen LogP contribution in [0.5, 0.6) is 0 Å². The maximum atomic E-state index is 12.2. The third-order valence-corrected chi connectivity index (χ3v) is 4.56. The molecule has 3 rings (SSSR count). The number of thiazole rings is 1. The van der Waals surface area contributed by atoms with Gasteiger partial charge in [-0.1, -0.05) is 12.1 Å². The molecule has 1 heterocycles. The highest BCUT2D eigenvalue weighted by Gasteiger charge is 2.10. The molecule has 0 unspecified atom stereocenters. The number of aryl methyl sites for hydroxylation is 2. The Morgan fingerprint density at radius 1 is 1.12 bits per heavy atom. The predicted octanol–water partition coefficient (Wildman–Crippen LogP) is 4.55. The van der Waals surface area contributed by atoms with Crippen molar-refractivity contribution in [1.82, 2.24) is 4.98 Å². The van der Waals surface area contributed by atoms with E-state index >= 15 is 0 Å². The first kappa shape index (κ1) is 15.9. The molecule has 4 nitrogen and oxygen atoms in total. The Kier molecular flexibility index (Phi) is 4.41. The Hall–Kier alpha value is -2.97. The first-order chi connectivity index (χ1) is 11.6. The standard InChI is InChI=1S/C19H15N3OS/c1-12-3-6-16(9-13(12)2)17-11-24-19(21-17)22-18(23)15-7-4-14(10-20)5-8-15/h3-9,11H,1-2H3,(H,21,22,23). The Balaban J connectivity index is 1.76. The molecule has 0 spiro atoms. The normalized spacial score (nSPS) is 10.2. The van der Waals surface area contributed by atoms with Crippen LogP contribution in [-0.4, -0.2) is 10.9 Å². The molecule has 0 atom stereocenters. The third-order valence-electron chi connectivity index (χ3n) is 3.80. The summed E-state index contributed by atoms with van der Waals surface area (Å²) in [5.74, 6) is -0.236. The lowest BCUT2D eigenvalue weighted by Crippen LogP contribution is -2.11. The van der Waals surface area contributed by atoms with E-state index in [9.17, 15) is 4.79 Å². The highest BCUT2D eigenvalue weighted by atomic mass is 32.1. The second kappa shape index (κ2) is 6.65. The summed E-state index contributed by atoms with van der Waals surface area (Å²) in [6.07, 6.45) is 0. The molecule has 24 heavy (non-hydrogen) atoms. The van der Waals surface area contributed by atoms with Gasteiger partial charge in [0.15, 0.2) is 5.13 Å². The molecular weight excluding hydrogens is 318 g/mol. The van der Waals surface area contributed by atoms with Crippen molar-refractivity contribution in [2.24, 2.45) is 0 Å². The maximum absolute atomic E-state index is 12.2. The molecule has 3 aromatic rings. The van der Waals surface area contributed by atoms with Crippen molar-refractivity contribution < 1.29 is 4.79 Å². The number of nitrogens with one attached hydrogen (secondary N) is 1. The summed E-state index contributed by atoms with van der Waals surface area (Å²) in [4.78, 5) is 16.7. The summed E-state index contributed by atoms with van der Waals surface area (Å²) < 4.78 is 0. The van der Waals surface area contributed by atoms with Crippen molar-refractivity contribution in [3.8, 4) is 17.3 Å². The van der Waals surface area contributed by atoms with Gasteiger partial charge < -0.3 is 0 Å². The van der Waals surface area contributed by atoms with Gasteiger partial charge in [0.25, 0.3) is 5.91 Å². The lowest BCUT2D eigenvalue weighted by Gasteiger charge is -2.03. The number of carbonyl (C=O) groups excluding carboxylic acids is 1. The van der Waals surface area contributed by atoms with E-state index in [4.69, 9.17) is 5.26 Å². The molecule has 0 aliphatic heterocycles. The van der Waals surface area contributed by atoms with E-state index in [1.54, 1.807) is 24.3 Å². The largest absolute Gasteiger partial charge is 0.298 e. The van der Waals surface area contributed by atoms with E-state index in [1.165, 1.54) is 22.5 Å². The van der Waals surface area contributed by atoms with Crippen molar-refractivity contribution in [3.05, 3.63) is 70.1 Å². The van der Waals surface area contributed by atoms with E-state index in [0.29, 0.717) is 16.3 Å². The Labute approximate surface area is 144 Å². The van der Waals surface area contributed by atoms with Crippen LogP contribution in [0.25, 0.3) is 11.3 Å². The molecule has 1 amide bonds. The Morgan fingerprint density at radius 3 is 2.54 bits per heavy atom. The van der Waals surface area contributed by atoms with Gasteiger partial charge in [0, 0.05) is 16.5 Å². The lowest BCUT2D eigenvalue weighted by molar-refractivity contribution is 0.102. The second-order valence-electron chi connectivity index (χ2n) is 5.48. The van der Waals surface area contributed by atoms with Gasteiger partial charge in [-0.05, 0) is 55.3 Å². The van der Waals surface area contributed by atoms with Crippen molar-refractivity contribution in [2.75, 3.05) is 5.32 Å². The van der Waals surface area contributed by atoms with Crippen LogP contribution in [0.4, 0.5) is 5.13 Å². The molecule has 0 saturated heterocycles. The van der Waals surface area contributed by atoms with Crippen LogP contribution in [0.15, 0.2) is 47.8 Å². The van der Waals surface area contributed by atoms with E-state index in [1.807, 2.05) is 17.5 Å². The average molecular weight is 333 g/mol. The van der Waals surface area contributed by atoms with Crippen molar-refractivity contribution in [1.29, 1.82) is 5.26 Å². The monoisotopic (exact) mass is 333 g/mol. The smallest absolute Gasteiger partial charge is 0.257 e. The fourth-order valence-electron chi connectivity index (χ4n) is 2.23. The van der Waals surface area contributed by atoms with Gasteiger partial charge in [0.2, 0.25) is 0 Å². The number of amides is 1.